The van der Waals surface area contributed by atoms with Crippen LogP contribution in [0.4, 0.5) is 4.79 Å². The lowest BCUT2D eigenvalue weighted by atomic mass is 9.91. The van der Waals surface area contributed by atoms with Gasteiger partial charge in [-0.2, -0.15) is 0 Å². The van der Waals surface area contributed by atoms with Crippen LogP contribution < -0.4 is 9.47 Å². The fourth-order valence-electron chi connectivity index (χ4n) is 3.37. The van der Waals surface area contributed by atoms with E-state index in [2.05, 4.69) is 24.3 Å². The van der Waals surface area contributed by atoms with E-state index < -0.39 is 6.09 Å². The number of rotatable bonds is 6. The van der Waals surface area contributed by atoms with Crippen LogP contribution >= 0.6 is 0 Å². The van der Waals surface area contributed by atoms with E-state index in [0.29, 0.717) is 31.2 Å². The molecule has 0 spiro atoms. The normalized spacial score (nSPS) is 16.9. The predicted molar refractivity (Wildman–Crippen MR) is 98.1 cm³/mol. The molecule has 1 saturated carbocycles. The molecule has 1 N–H and O–H groups in total. The molecule has 0 bridgehead atoms. The number of hydrogen-bond acceptors (Lipinski definition) is 3. The van der Waals surface area contributed by atoms with Crippen LogP contribution in [0.2, 0.25) is 0 Å². The summed E-state index contributed by atoms with van der Waals surface area (Å²) in [6.07, 6.45) is 1.76. The number of hydrogen-bond donors (Lipinski definition) is 1. The van der Waals surface area contributed by atoms with Crippen molar-refractivity contribution in [2.45, 2.75) is 31.3 Å². The van der Waals surface area contributed by atoms with Gasteiger partial charge in [-0.1, -0.05) is 30.3 Å². The van der Waals surface area contributed by atoms with Gasteiger partial charge >= 0.3 is 6.09 Å². The zero-order valence-electron chi connectivity index (χ0n) is 14.9. The summed E-state index contributed by atoms with van der Waals surface area (Å²) in [6, 6.07) is 14.5. The van der Waals surface area contributed by atoms with Gasteiger partial charge in [-0.3, -0.25) is 0 Å². The second-order valence-electron chi connectivity index (χ2n) is 7.10. The molecule has 5 nitrogen and oxygen atoms in total. The number of ether oxygens (including phenoxy) is 2. The summed E-state index contributed by atoms with van der Waals surface area (Å²) in [4.78, 5) is 12.3. The van der Waals surface area contributed by atoms with E-state index in [4.69, 9.17) is 14.6 Å². The van der Waals surface area contributed by atoms with Gasteiger partial charge in [0.05, 0.1) is 7.11 Å². The molecule has 0 aromatic heterocycles. The third-order valence-electron chi connectivity index (χ3n) is 5.23. The fourth-order valence-corrected chi connectivity index (χ4v) is 3.37. The van der Waals surface area contributed by atoms with Crippen LogP contribution in [0.1, 0.15) is 41.4 Å². The van der Waals surface area contributed by atoms with Crippen LogP contribution in [0.25, 0.3) is 0 Å². The first-order valence-electron chi connectivity index (χ1n) is 9.01. The van der Waals surface area contributed by atoms with E-state index >= 15 is 0 Å². The van der Waals surface area contributed by atoms with Crippen molar-refractivity contribution in [3.63, 3.8) is 0 Å². The highest BCUT2D eigenvalue weighted by atomic mass is 16.5. The largest absolute Gasteiger partial charge is 0.493 e. The van der Waals surface area contributed by atoms with E-state index in [1.165, 1.54) is 23.3 Å². The Bertz CT molecular complexity index is 792. The third kappa shape index (κ3) is 3.47. The summed E-state index contributed by atoms with van der Waals surface area (Å²) < 4.78 is 11.4. The van der Waals surface area contributed by atoms with Gasteiger partial charge in [0, 0.05) is 19.0 Å². The lowest BCUT2D eigenvalue weighted by molar-refractivity contribution is 0.105. The quantitative estimate of drug-likeness (QED) is 0.844. The molecule has 26 heavy (non-hydrogen) atoms. The Labute approximate surface area is 153 Å². The topological polar surface area (TPSA) is 59.0 Å². The lowest BCUT2D eigenvalue weighted by Crippen LogP contribution is -2.47. The fraction of sp³-hybridized carbons (Fsp3) is 0.381. The number of likely N-dealkylation sites (tertiary alicyclic amines) is 1. The van der Waals surface area contributed by atoms with E-state index in [-0.39, 0.29) is 5.92 Å². The zero-order chi connectivity index (χ0) is 18.1. The molecule has 5 heteroatoms. The second-order valence-corrected chi connectivity index (χ2v) is 7.10. The maximum Gasteiger partial charge on any atom is 0.407 e. The Morgan fingerprint density at radius 2 is 1.73 bits per heavy atom. The summed E-state index contributed by atoms with van der Waals surface area (Å²) >= 11 is 0. The first kappa shape index (κ1) is 16.8. The van der Waals surface area contributed by atoms with Crippen molar-refractivity contribution in [1.29, 1.82) is 0 Å². The molecule has 0 atom stereocenters. The van der Waals surface area contributed by atoms with Crippen molar-refractivity contribution in [2.75, 3.05) is 20.2 Å². The SMILES string of the molecule is COc1cc(C2CN(C(=O)O)C2)ccc1OCc1ccc(C2CC2)cc1. The molecule has 1 aliphatic heterocycles. The number of benzene rings is 2. The number of amides is 1. The molecule has 136 valence electrons. The van der Waals surface area contributed by atoms with E-state index in [9.17, 15) is 4.79 Å². The molecule has 0 radical (unpaired) electrons. The van der Waals surface area contributed by atoms with E-state index in [0.717, 1.165) is 17.0 Å². The minimum atomic E-state index is -0.860. The molecular weight excluding hydrogens is 330 g/mol. The lowest BCUT2D eigenvalue weighted by Gasteiger charge is -2.37. The van der Waals surface area contributed by atoms with Crippen molar-refractivity contribution >= 4 is 6.09 Å². The molecule has 0 unspecified atom stereocenters. The van der Waals surface area contributed by atoms with Gasteiger partial charge < -0.3 is 19.5 Å². The first-order valence-corrected chi connectivity index (χ1v) is 9.01. The van der Waals surface area contributed by atoms with Crippen molar-refractivity contribution in [3.05, 3.63) is 59.2 Å². The third-order valence-corrected chi connectivity index (χ3v) is 5.23. The van der Waals surface area contributed by atoms with Gasteiger partial charge in [-0.25, -0.2) is 4.79 Å². The van der Waals surface area contributed by atoms with Gasteiger partial charge in [0.1, 0.15) is 6.61 Å². The van der Waals surface area contributed by atoms with Gasteiger partial charge in [0.25, 0.3) is 0 Å². The predicted octanol–water partition coefficient (Wildman–Crippen LogP) is 4.23. The van der Waals surface area contributed by atoms with Gasteiger partial charge in [-0.15, -0.1) is 0 Å². The molecule has 2 fully saturated rings. The number of carboxylic acid groups (broad SMARTS) is 1. The maximum absolute atomic E-state index is 10.9. The van der Waals surface area contributed by atoms with Gasteiger partial charge in [-0.05, 0) is 47.6 Å². The number of nitrogens with zero attached hydrogens (tertiary/aromatic N) is 1. The monoisotopic (exact) mass is 353 g/mol. The molecular formula is C21H23NO4. The van der Waals surface area contributed by atoms with Gasteiger partial charge in [0.15, 0.2) is 11.5 Å². The van der Waals surface area contributed by atoms with Crippen LogP contribution in [0, 0.1) is 0 Å². The van der Waals surface area contributed by atoms with Crippen LogP contribution in [-0.4, -0.2) is 36.3 Å². The molecule has 1 heterocycles. The van der Waals surface area contributed by atoms with Crippen LogP contribution in [0.5, 0.6) is 11.5 Å². The van der Waals surface area contributed by atoms with Crippen molar-refractivity contribution in [2.24, 2.45) is 0 Å². The van der Waals surface area contributed by atoms with Crippen molar-refractivity contribution in [1.82, 2.24) is 4.90 Å². The Morgan fingerprint density at radius 1 is 1.04 bits per heavy atom. The first-order chi connectivity index (χ1) is 12.6. The average Bonchev–Trinajstić information content (AvgIpc) is 3.44. The van der Waals surface area contributed by atoms with Gasteiger partial charge in [0.2, 0.25) is 0 Å². The zero-order valence-corrected chi connectivity index (χ0v) is 14.9. The molecule has 1 amide bonds. The summed E-state index contributed by atoms with van der Waals surface area (Å²) in [5, 5.41) is 8.95. The van der Waals surface area contributed by atoms with E-state index in [1.807, 2.05) is 18.2 Å². The highest BCUT2D eigenvalue weighted by molar-refractivity contribution is 5.66. The number of methoxy groups -OCH3 is 1. The highest BCUT2D eigenvalue weighted by Gasteiger charge is 2.32. The highest BCUT2D eigenvalue weighted by Crippen LogP contribution is 2.40. The summed E-state index contributed by atoms with van der Waals surface area (Å²) in [7, 11) is 1.63. The smallest absolute Gasteiger partial charge is 0.407 e. The summed E-state index contributed by atoms with van der Waals surface area (Å²) in [6.45, 7) is 1.56. The summed E-state index contributed by atoms with van der Waals surface area (Å²) in [5.41, 5.74) is 3.64. The Balaban J connectivity index is 1.39. The minimum Gasteiger partial charge on any atom is -0.493 e. The van der Waals surface area contributed by atoms with Crippen LogP contribution in [0.3, 0.4) is 0 Å². The second kappa shape index (κ2) is 6.90. The molecule has 1 aliphatic carbocycles. The minimum absolute atomic E-state index is 0.226. The molecule has 1 saturated heterocycles. The Kier molecular flexibility index (Phi) is 4.45. The molecule has 2 aliphatic rings. The molecule has 2 aromatic rings. The molecule has 2 aromatic carbocycles. The molecule has 4 rings (SSSR count). The van der Waals surface area contributed by atoms with Crippen LogP contribution in [-0.2, 0) is 6.61 Å². The average molecular weight is 353 g/mol. The van der Waals surface area contributed by atoms with Crippen molar-refractivity contribution in [3.8, 4) is 11.5 Å². The van der Waals surface area contributed by atoms with E-state index in [1.54, 1.807) is 7.11 Å². The van der Waals surface area contributed by atoms with Crippen LogP contribution in [0.15, 0.2) is 42.5 Å². The Morgan fingerprint density at radius 3 is 2.35 bits per heavy atom. The maximum atomic E-state index is 10.9. The standard InChI is InChI=1S/C21H23NO4/c1-25-20-10-17(18-11-22(12-18)21(23)24)8-9-19(20)26-13-14-2-4-15(5-3-14)16-6-7-16/h2-5,8-10,16,18H,6-7,11-13H2,1H3,(H,23,24). The summed E-state index contributed by atoms with van der Waals surface area (Å²) in [5.74, 6) is 2.38. The van der Waals surface area contributed by atoms with Crippen molar-refractivity contribution < 1.29 is 19.4 Å². The Hall–Kier alpha value is -2.69. The number of carbonyl (C=O) groups is 1.